The van der Waals surface area contributed by atoms with Gasteiger partial charge in [0.25, 0.3) is 0 Å². The van der Waals surface area contributed by atoms with Crippen LogP contribution in [-0.4, -0.2) is 37.8 Å². The molecule has 2 aromatic carbocycles. The number of benzene rings is 2. The molecule has 1 atom stereocenters. The van der Waals surface area contributed by atoms with E-state index in [1.54, 1.807) is 50.6 Å². The van der Waals surface area contributed by atoms with E-state index in [1.807, 2.05) is 12.1 Å². The predicted octanol–water partition coefficient (Wildman–Crippen LogP) is 5.17. The molecule has 1 unspecified atom stereocenters. The molecule has 1 aliphatic rings. The van der Waals surface area contributed by atoms with E-state index >= 15 is 0 Å². The first-order chi connectivity index (χ1) is 16.0. The zero-order chi connectivity index (χ0) is 23.5. The maximum atomic E-state index is 12.7. The number of thiophene rings is 1. The fraction of sp³-hybridized carbons (Fsp3) is 0.200. The maximum Gasteiger partial charge on any atom is 0.346 e. The Kier molecular flexibility index (Phi) is 6.37. The van der Waals surface area contributed by atoms with E-state index in [0.717, 1.165) is 10.4 Å². The van der Waals surface area contributed by atoms with Crippen molar-refractivity contribution in [2.45, 2.75) is 12.3 Å². The van der Waals surface area contributed by atoms with Crippen LogP contribution in [0.15, 0.2) is 55.1 Å². The van der Waals surface area contributed by atoms with Gasteiger partial charge in [-0.3, -0.25) is 4.79 Å². The van der Waals surface area contributed by atoms with Gasteiger partial charge in [-0.15, -0.1) is 11.3 Å². The second-order valence-electron chi connectivity index (χ2n) is 7.39. The average Bonchev–Trinajstić information content (AvgIpc) is 3.21. The average molecular weight is 466 g/mol. The van der Waals surface area contributed by atoms with Crippen LogP contribution < -0.4 is 19.5 Å². The number of carboxylic acids is 1. The number of amides is 1. The molecule has 2 N–H and O–H groups in total. The molecule has 8 heteroatoms. The zero-order valence-corrected chi connectivity index (χ0v) is 19.0. The van der Waals surface area contributed by atoms with Crippen molar-refractivity contribution in [3.63, 3.8) is 0 Å². The van der Waals surface area contributed by atoms with Crippen molar-refractivity contribution in [3.8, 4) is 28.4 Å². The maximum absolute atomic E-state index is 12.7. The SMILES string of the molecule is C=CCOc1ccc(C2CC(=O)Nc3c2sc(C(=O)O)c3-c2ccc(OC)cc2)cc1OC. The lowest BCUT2D eigenvalue weighted by Crippen LogP contribution is -2.22. The number of hydrogen-bond donors (Lipinski definition) is 2. The Morgan fingerprint density at radius 1 is 1.18 bits per heavy atom. The number of rotatable bonds is 8. The molecule has 0 bridgehead atoms. The Morgan fingerprint density at radius 3 is 2.58 bits per heavy atom. The van der Waals surface area contributed by atoms with Gasteiger partial charge in [-0.25, -0.2) is 4.79 Å². The number of ether oxygens (including phenoxy) is 3. The number of carbonyl (C=O) groups is 2. The summed E-state index contributed by atoms with van der Waals surface area (Å²) in [7, 11) is 3.12. The Labute approximate surface area is 195 Å². The van der Waals surface area contributed by atoms with Crippen LogP contribution >= 0.6 is 11.3 Å². The summed E-state index contributed by atoms with van der Waals surface area (Å²) in [5.41, 5.74) is 2.57. The van der Waals surface area contributed by atoms with Crippen LogP contribution in [0, 0.1) is 0 Å². The molecule has 1 aliphatic heterocycles. The van der Waals surface area contributed by atoms with Crippen molar-refractivity contribution in [2.24, 2.45) is 0 Å². The highest BCUT2D eigenvalue weighted by molar-refractivity contribution is 7.15. The zero-order valence-electron chi connectivity index (χ0n) is 18.2. The summed E-state index contributed by atoms with van der Waals surface area (Å²) in [6.45, 7) is 3.99. The molecule has 2 heterocycles. The number of methoxy groups -OCH3 is 2. The highest BCUT2D eigenvalue weighted by atomic mass is 32.1. The molecule has 0 spiro atoms. The largest absolute Gasteiger partial charge is 0.497 e. The topological polar surface area (TPSA) is 94.1 Å². The van der Waals surface area contributed by atoms with Crippen LogP contribution in [0.5, 0.6) is 17.2 Å². The van der Waals surface area contributed by atoms with Gasteiger partial charge in [0.05, 0.1) is 19.9 Å². The smallest absolute Gasteiger partial charge is 0.346 e. The normalized spacial score (nSPS) is 14.7. The first-order valence-corrected chi connectivity index (χ1v) is 11.0. The van der Waals surface area contributed by atoms with Gasteiger partial charge in [0.1, 0.15) is 17.2 Å². The van der Waals surface area contributed by atoms with Crippen molar-refractivity contribution in [3.05, 3.63) is 70.4 Å². The highest BCUT2D eigenvalue weighted by Crippen LogP contribution is 2.50. The molecular formula is C25H23NO6S. The van der Waals surface area contributed by atoms with Gasteiger partial charge in [0.15, 0.2) is 11.5 Å². The molecule has 1 amide bonds. The lowest BCUT2D eigenvalue weighted by molar-refractivity contribution is -0.116. The Hall–Kier alpha value is -3.78. The third kappa shape index (κ3) is 4.29. The minimum Gasteiger partial charge on any atom is -0.497 e. The molecule has 3 aromatic rings. The number of hydrogen-bond acceptors (Lipinski definition) is 6. The minimum atomic E-state index is -1.04. The van der Waals surface area contributed by atoms with Crippen LogP contribution in [0.2, 0.25) is 0 Å². The molecule has 0 aliphatic carbocycles. The van der Waals surface area contributed by atoms with E-state index in [1.165, 1.54) is 11.3 Å². The van der Waals surface area contributed by atoms with Gasteiger partial charge in [0, 0.05) is 22.8 Å². The quantitative estimate of drug-likeness (QED) is 0.446. The van der Waals surface area contributed by atoms with E-state index in [4.69, 9.17) is 14.2 Å². The van der Waals surface area contributed by atoms with E-state index in [-0.39, 0.29) is 23.1 Å². The summed E-state index contributed by atoms with van der Waals surface area (Å²) in [6.07, 6.45) is 1.84. The fourth-order valence-electron chi connectivity index (χ4n) is 3.91. The van der Waals surface area contributed by atoms with E-state index in [9.17, 15) is 14.7 Å². The molecule has 1 aromatic heterocycles. The van der Waals surface area contributed by atoms with E-state index < -0.39 is 5.97 Å². The molecule has 0 saturated carbocycles. The number of aromatic carboxylic acids is 1. The third-order valence-corrected chi connectivity index (χ3v) is 6.72. The minimum absolute atomic E-state index is 0.176. The standard InChI is InChI=1S/C25H23NO6S/c1-4-11-32-18-10-7-15(12-19(18)31-3)17-13-20(27)26-22-21(24(25(28)29)33-23(17)22)14-5-8-16(30-2)9-6-14/h4-10,12,17H,1,11,13H2,2-3H3,(H,26,27)(H,28,29). The lowest BCUT2D eigenvalue weighted by Gasteiger charge is -2.24. The summed E-state index contributed by atoms with van der Waals surface area (Å²) < 4.78 is 16.3. The van der Waals surface area contributed by atoms with Crippen molar-refractivity contribution in [2.75, 3.05) is 26.1 Å². The Morgan fingerprint density at radius 2 is 1.94 bits per heavy atom. The number of nitrogens with one attached hydrogen (secondary N) is 1. The van der Waals surface area contributed by atoms with E-state index in [2.05, 4.69) is 11.9 Å². The van der Waals surface area contributed by atoms with Crippen molar-refractivity contribution >= 4 is 28.9 Å². The second kappa shape index (κ2) is 9.38. The number of anilines is 1. The summed E-state index contributed by atoms with van der Waals surface area (Å²) in [5.74, 6) is 0.228. The third-order valence-electron chi connectivity index (χ3n) is 5.43. The summed E-state index contributed by atoms with van der Waals surface area (Å²) >= 11 is 1.18. The predicted molar refractivity (Wildman–Crippen MR) is 127 cm³/mol. The van der Waals surface area contributed by atoms with Gasteiger partial charge in [-0.05, 0) is 35.4 Å². The van der Waals surface area contributed by atoms with Crippen LogP contribution in [-0.2, 0) is 4.79 Å². The van der Waals surface area contributed by atoms with Crippen molar-refractivity contribution in [1.29, 1.82) is 0 Å². The molecule has 0 saturated heterocycles. The summed E-state index contributed by atoms with van der Waals surface area (Å²) in [6, 6.07) is 12.6. The lowest BCUT2D eigenvalue weighted by atomic mass is 9.88. The number of carboxylic acid groups (broad SMARTS) is 1. The highest BCUT2D eigenvalue weighted by Gasteiger charge is 2.34. The van der Waals surface area contributed by atoms with Gasteiger partial charge in [-0.2, -0.15) is 0 Å². The first kappa shape index (κ1) is 22.4. The van der Waals surface area contributed by atoms with Gasteiger partial charge in [0.2, 0.25) is 5.91 Å². The summed E-state index contributed by atoms with van der Waals surface area (Å²) in [5, 5.41) is 12.8. The van der Waals surface area contributed by atoms with Gasteiger partial charge in [-0.1, -0.05) is 30.9 Å². The van der Waals surface area contributed by atoms with Crippen LogP contribution in [0.1, 0.15) is 32.5 Å². The monoisotopic (exact) mass is 465 g/mol. The Balaban J connectivity index is 1.83. The van der Waals surface area contributed by atoms with Crippen LogP contribution in [0.25, 0.3) is 11.1 Å². The molecule has 0 fully saturated rings. The number of carbonyl (C=O) groups excluding carboxylic acids is 1. The van der Waals surface area contributed by atoms with Crippen LogP contribution in [0.3, 0.4) is 0 Å². The second-order valence-corrected chi connectivity index (χ2v) is 8.45. The Bertz CT molecular complexity index is 1210. The molecule has 33 heavy (non-hydrogen) atoms. The number of fused-ring (bicyclic) bond motifs is 1. The summed E-state index contributed by atoms with van der Waals surface area (Å²) in [4.78, 5) is 25.8. The van der Waals surface area contributed by atoms with E-state index in [0.29, 0.717) is 40.7 Å². The van der Waals surface area contributed by atoms with Crippen molar-refractivity contribution in [1.82, 2.24) is 0 Å². The van der Waals surface area contributed by atoms with Crippen molar-refractivity contribution < 1.29 is 28.9 Å². The van der Waals surface area contributed by atoms with Gasteiger partial charge >= 0.3 is 5.97 Å². The molecule has 0 radical (unpaired) electrons. The molecule has 4 rings (SSSR count). The van der Waals surface area contributed by atoms with Gasteiger partial charge < -0.3 is 24.6 Å². The van der Waals surface area contributed by atoms with Crippen LogP contribution in [0.4, 0.5) is 5.69 Å². The first-order valence-electron chi connectivity index (χ1n) is 10.2. The molecule has 170 valence electrons. The fourth-order valence-corrected chi connectivity index (χ4v) is 5.15. The molecule has 7 nitrogen and oxygen atoms in total. The molecular weight excluding hydrogens is 442 g/mol.